The van der Waals surface area contributed by atoms with Crippen molar-refractivity contribution in [2.45, 2.75) is 26.2 Å². The van der Waals surface area contributed by atoms with Crippen molar-refractivity contribution in [1.82, 2.24) is 0 Å². The molecule has 0 N–H and O–H groups in total. The first kappa shape index (κ1) is 8.61. The Morgan fingerprint density at radius 1 is 1.55 bits per heavy atom. The van der Waals surface area contributed by atoms with Crippen LogP contribution in [0.2, 0.25) is 5.02 Å². The fourth-order valence-corrected chi connectivity index (χ4v) is 1.22. The molecule has 0 saturated carbocycles. The van der Waals surface area contributed by atoms with Gasteiger partial charge in [0, 0.05) is 11.1 Å². The van der Waals surface area contributed by atoms with Gasteiger partial charge in [0.05, 0.1) is 0 Å². The molecule has 0 aliphatic rings. The molecular weight excluding hydrogens is 156 g/mol. The molecule has 0 saturated heterocycles. The quantitative estimate of drug-likeness (QED) is 0.647. The Morgan fingerprint density at radius 3 is 3.00 bits per heavy atom. The molecule has 0 unspecified atom stereocenters. The molecule has 1 aromatic carbocycles. The van der Waals surface area contributed by atoms with E-state index in [-0.39, 0.29) is 0 Å². The van der Waals surface area contributed by atoms with Crippen LogP contribution in [0.15, 0.2) is 18.2 Å². The van der Waals surface area contributed by atoms with Crippen molar-refractivity contribution in [3.63, 3.8) is 0 Å². The fraction of sp³-hybridized carbons (Fsp3) is 0.400. The number of benzene rings is 1. The van der Waals surface area contributed by atoms with E-state index in [1.165, 1.54) is 18.4 Å². The SMILES string of the molecule is CCCCc1cc[c]c(Cl)c1. The number of hydrogen-bond acceptors (Lipinski definition) is 0. The van der Waals surface area contributed by atoms with Gasteiger partial charge in [0.25, 0.3) is 0 Å². The highest BCUT2D eigenvalue weighted by atomic mass is 35.5. The molecule has 59 valence electrons. The molecule has 0 nitrogen and oxygen atoms in total. The Hall–Kier alpha value is -0.490. The molecule has 0 bridgehead atoms. The number of unbranched alkanes of at least 4 members (excludes halogenated alkanes) is 1. The highest BCUT2D eigenvalue weighted by Gasteiger charge is 1.92. The molecule has 0 aromatic heterocycles. The smallest absolute Gasteiger partial charge is 0.0487 e. The van der Waals surface area contributed by atoms with Gasteiger partial charge in [-0.2, -0.15) is 0 Å². The van der Waals surface area contributed by atoms with E-state index < -0.39 is 0 Å². The van der Waals surface area contributed by atoms with Crippen LogP contribution in [0.25, 0.3) is 0 Å². The minimum absolute atomic E-state index is 0.721. The Bertz CT molecular complexity index is 218. The highest BCUT2D eigenvalue weighted by Crippen LogP contribution is 2.11. The third-order valence-electron chi connectivity index (χ3n) is 1.65. The zero-order valence-electron chi connectivity index (χ0n) is 6.73. The van der Waals surface area contributed by atoms with E-state index in [4.69, 9.17) is 11.6 Å². The molecule has 0 aliphatic heterocycles. The lowest BCUT2D eigenvalue weighted by Crippen LogP contribution is -1.83. The average molecular weight is 168 g/mol. The summed E-state index contributed by atoms with van der Waals surface area (Å²) in [5, 5.41) is 0.721. The predicted octanol–water partition coefficient (Wildman–Crippen LogP) is 3.48. The average Bonchev–Trinajstić information content (AvgIpc) is 2.01. The lowest BCUT2D eigenvalue weighted by molar-refractivity contribution is 0.795. The van der Waals surface area contributed by atoms with Crippen molar-refractivity contribution in [2.24, 2.45) is 0 Å². The summed E-state index contributed by atoms with van der Waals surface area (Å²) in [6.07, 6.45) is 3.60. The Balaban J connectivity index is 2.56. The number of aryl methyl sites for hydroxylation is 1. The van der Waals surface area contributed by atoms with Crippen LogP contribution in [0.5, 0.6) is 0 Å². The zero-order chi connectivity index (χ0) is 8.10. The van der Waals surface area contributed by atoms with E-state index >= 15 is 0 Å². The van der Waals surface area contributed by atoms with Gasteiger partial charge in [0.15, 0.2) is 0 Å². The van der Waals surface area contributed by atoms with Crippen molar-refractivity contribution in [3.8, 4) is 0 Å². The molecule has 1 rings (SSSR count). The summed E-state index contributed by atoms with van der Waals surface area (Å²) in [6, 6.07) is 8.85. The summed E-state index contributed by atoms with van der Waals surface area (Å²) in [6.45, 7) is 2.19. The lowest BCUT2D eigenvalue weighted by atomic mass is 10.1. The van der Waals surface area contributed by atoms with Crippen molar-refractivity contribution in [1.29, 1.82) is 0 Å². The molecule has 0 amide bonds. The maximum Gasteiger partial charge on any atom is 0.0487 e. The molecule has 0 aliphatic carbocycles. The van der Waals surface area contributed by atoms with Crippen molar-refractivity contribution >= 4 is 11.6 Å². The Labute approximate surface area is 73.2 Å². The summed E-state index contributed by atoms with van der Waals surface area (Å²) < 4.78 is 0. The standard InChI is InChI=1S/C10H12Cl/c1-2-3-5-9-6-4-7-10(11)8-9/h4,6,8H,2-3,5H2,1H3. The third kappa shape index (κ3) is 2.94. The van der Waals surface area contributed by atoms with Gasteiger partial charge >= 0.3 is 0 Å². The zero-order valence-corrected chi connectivity index (χ0v) is 7.49. The number of hydrogen-bond donors (Lipinski definition) is 0. The van der Waals surface area contributed by atoms with Crippen molar-refractivity contribution < 1.29 is 0 Å². The van der Waals surface area contributed by atoms with E-state index in [0.717, 1.165) is 11.4 Å². The first-order valence-electron chi connectivity index (χ1n) is 3.99. The summed E-state index contributed by atoms with van der Waals surface area (Å²) >= 11 is 5.77. The Kier molecular flexibility index (Phi) is 3.44. The van der Waals surface area contributed by atoms with E-state index in [1.807, 2.05) is 12.1 Å². The van der Waals surface area contributed by atoms with Crippen LogP contribution in [-0.2, 0) is 6.42 Å². The molecule has 0 atom stereocenters. The van der Waals surface area contributed by atoms with Crippen molar-refractivity contribution in [2.75, 3.05) is 0 Å². The summed E-state index contributed by atoms with van der Waals surface area (Å²) in [7, 11) is 0. The van der Waals surface area contributed by atoms with Gasteiger partial charge in [0.2, 0.25) is 0 Å². The van der Waals surface area contributed by atoms with Crippen LogP contribution in [0.1, 0.15) is 25.3 Å². The van der Waals surface area contributed by atoms with E-state index in [0.29, 0.717) is 0 Å². The summed E-state index contributed by atoms with van der Waals surface area (Å²) in [5.41, 5.74) is 1.32. The predicted molar refractivity (Wildman–Crippen MR) is 48.9 cm³/mol. The molecule has 1 heteroatoms. The molecule has 0 heterocycles. The molecule has 11 heavy (non-hydrogen) atoms. The fourth-order valence-electron chi connectivity index (χ4n) is 1.02. The molecule has 1 radical (unpaired) electrons. The van der Waals surface area contributed by atoms with Crippen LogP contribution in [0.3, 0.4) is 0 Å². The van der Waals surface area contributed by atoms with Crippen LogP contribution >= 0.6 is 11.6 Å². The van der Waals surface area contributed by atoms with E-state index in [9.17, 15) is 0 Å². The summed E-state index contributed by atoms with van der Waals surface area (Å²) in [5.74, 6) is 0. The van der Waals surface area contributed by atoms with Crippen LogP contribution in [-0.4, -0.2) is 0 Å². The van der Waals surface area contributed by atoms with Crippen LogP contribution in [0, 0.1) is 6.07 Å². The van der Waals surface area contributed by atoms with Gasteiger partial charge in [0.1, 0.15) is 0 Å². The molecule has 0 spiro atoms. The maximum atomic E-state index is 5.77. The molecular formula is C10H12Cl. The second-order valence-electron chi connectivity index (χ2n) is 2.65. The number of halogens is 1. The van der Waals surface area contributed by atoms with E-state index in [1.54, 1.807) is 0 Å². The molecule has 0 fully saturated rings. The Morgan fingerprint density at radius 2 is 2.36 bits per heavy atom. The maximum absolute atomic E-state index is 5.77. The van der Waals surface area contributed by atoms with Gasteiger partial charge < -0.3 is 0 Å². The normalized spacial score (nSPS) is 10.0. The first-order chi connectivity index (χ1) is 5.33. The van der Waals surface area contributed by atoms with Crippen molar-refractivity contribution in [3.05, 3.63) is 34.9 Å². The van der Waals surface area contributed by atoms with Gasteiger partial charge in [-0.3, -0.25) is 0 Å². The second kappa shape index (κ2) is 4.40. The monoisotopic (exact) mass is 167 g/mol. The van der Waals surface area contributed by atoms with E-state index in [2.05, 4.69) is 19.1 Å². The van der Waals surface area contributed by atoms with Gasteiger partial charge in [-0.25, -0.2) is 0 Å². The van der Waals surface area contributed by atoms with Gasteiger partial charge in [-0.1, -0.05) is 37.1 Å². The lowest BCUT2D eigenvalue weighted by Gasteiger charge is -1.98. The topological polar surface area (TPSA) is 0 Å². The largest absolute Gasteiger partial charge is 0.0837 e. The third-order valence-corrected chi connectivity index (χ3v) is 1.87. The van der Waals surface area contributed by atoms with Crippen LogP contribution in [0.4, 0.5) is 0 Å². The minimum atomic E-state index is 0.721. The summed E-state index contributed by atoms with van der Waals surface area (Å²) in [4.78, 5) is 0. The molecule has 1 aromatic rings. The highest BCUT2D eigenvalue weighted by molar-refractivity contribution is 6.30. The van der Waals surface area contributed by atoms with Gasteiger partial charge in [-0.05, 0) is 24.5 Å². The van der Waals surface area contributed by atoms with Gasteiger partial charge in [-0.15, -0.1) is 0 Å². The number of rotatable bonds is 3. The minimum Gasteiger partial charge on any atom is -0.0837 e. The first-order valence-corrected chi connectivity index (χ1v) is 4.37. The second-order valence-corrected chi connectivity index (χ2v) is 3.06. The van der Waals surface area contributed by atoms with Crippen LogP contribution < -0.4 is 0 Å².